The highest BCUT2D eigenvalue weighted by Gasteiger charge is 2.26. The van der Waals surface area contributed by atoms with Gasteiger partial charge < -0.3 is 14.7 Å². The summed E-state index contributed by atoms with van der Waals surface area (Å²) in [6.45, 7) is 5.93. The Morgan fingerprint density at radius 3 is 2.57 bits per heavy atom. The lowest BCUT2D eigenvalue weighted by Crippen LogP contribution is -2.49. The van der Waals surface area contributed by atoms with Crippen molar-refractivity contribution in [3.63, 3.8) is 0 Å². The fourth-order valence-electron chi connectivity index (χ4n) is 2.94. The second-order valence-electron chi connectivity index (χ2n) is 6.21. The van der Waals surface area contributed by atoms with Crippen molar-refractivity contribution in [1.82, 2.24) is 9.80 Å². The zero-order chi connectivity index (χ0) is 17.0. The molecule has 6 nitrogen and oxygen atoms in total. The van der Waals surface area contributed by atoms with Crippen molar-refractivity contribution < 1.29 is 19.4 Å². The SMILES string of the molecule is Cc1cc(C)cc(C(=O)N2CCOC(CN(C)CC(=O)O)C2)c1. The molecule has 0 bridgehead atoms. The molecule has 126 valence electrons. The van der Waals surface area contributed by atoms with Gasteiger partial charge in [0.05, 0.1) is 19.3 Å². The van der Waals surface area contributed by atoms with Gasteiger partial charge in [-0.15, -0.1) is 0 Å². The highest BCUT2D eigenvalue weighted by atomic mass is 16.5. The monoisotopic (exact) mass is 320 g/mol. The Morgan fingerprint density at radius 2 is 1.96 bits per heavy atom. The molecule has 1 fully saturated rings. The van der Waals surface area contributed by atoms with Gasteiger partial charge in [-0.25, -0.2) is 0 Å². The van der Waals surface area contributed by atoms with Gasteiger partial charge in [0.15, 0.2) is 0 Å². The molecule has 1 aliphatic rings. The highest BCUT2D eigenvalue weighted by molar-refractivity contribution is 5.94. The lowest BCUT2D eigenvalue weighted by atomic mass is 10.1. The number of carbonyl (C=O) groups excluding carboxylic acids is 1. The number of carboxylic acids is 1. The van der Waals surface area contributed by atoms with Crippen molar-refractivity contribution in [2.24, 2.45) is 0 Å². The van der Waals surface area contributed by atoms with E-state index in [9.17, 15) is 9.59 Å². The molecular formula is C17H24N2O4. The Kier molecular flexibility index (Phi) is 5.74. The minimum Gasteiger partial charge on any atom is -0.480 e. The van der Waals surface area contributed by atoms with Crippen LogP contribution in [0.25, 0.3) is 0 Å². The molecule has 0 radical (unpaired) electrons. The number of likely N-dealkylation sites (N-methyl/N-ethyl adjacent to an activating group) is 1. The lowest BCUT2D eigenvalue weighted by molar-refractivity contribution is -0.138. The van der Waals surface area contributed by atoms with Crippen molar-refractivity contribution in [1.29, 1.82) is 0 Å². The van der Waals surface area contributed by atoms with Gasteiger partial charge >= 0.3 is 5.97 Å². The van der Waals surface area contributed by atoms with Crippen molar-refractivity contribution in [2.75, 3.05) is 39.8 Å². The molecule has 1 atom stereocenters. The number of hydrogen-bond acceptors (Lipinski definition) is 4. The van der Waals surface area contributed by atoms with Crippen LogP contribution in [-0.2, 0) is 9.53 Å². The molecular weight excluding hydrogens is 296 g/mol. The molecule has 1 saturated heterocycles. The van der Waals surface area contributed by atoms with Crippen LogP contribution in [0.2, 0.25) is 0 Å². The Bertz CT molecular complexity index is 568. The molecule has 1 heterocycles. The summed E-state index contributed by atoms with van der Waals surface area (Å²) >= 11 is 0. The molecule has 1 unspecified atom stereocenters. The first-order valence-electron chi connectivity index (χ1n) is 7.74. The van der Waals surface area contributed by atoms with Crippen LogP contribution in [0.15, 0.2) is 18.2 Å². The van der Waals surface area contributed by atoms with Gasteiger partial charge in [0.1, 0.15) is 0 Å². The van der Waals surface area contributed by atoms with Crippen molar-refractivity contribution in [3.05, 3.63) is 34.9 Å². The van der Waals surface area contributed by atoms with E-state index in [1.165, 1.54) is 0 Å². The number of amides is 1. The Labute approximate surface area is 136 Å². The molecule has 0 aromatic heterocycles. The number of aliphatic carboxylic acids is 1. The quantitative estimate of drug-likeness (QED) is 0.881. The van der Waals surface area contributed by atoms with E-state index in [2.05, 4.69) is 0 Å². The van der Waals surface area contributed by atoms with Crippen molar-refractivity contribution in [2.45, 2.75) is 20.0 Å². The summed E-state index contributed by atoms with van der Waals surface area (Å²) in [4.78, 5) is 26.9. The second kappa shape index (κ2) is 7.57. The molecule has 0 spiro atoms. The van der Waals surface area contributed by atoms with Crippen LogP contribution in [0.4, 0.5) is 0 Å². The van der Waals surface area contributed by atoms with E-state index in [-0.39, 0.29) is 18.6 Å². The second-order valence-corrected chi connectivity index (χ2v) is 6.21. The first-order chi connectivity index (χ1) is 10.8. The average Bonchev–Trinajstić information content (AvgIpc) is 2.44. The van der Waals surface area contributed by atoms with Crippen LogP contribution < -0.4 is 0 Å². The zero-order valence-electron chi connectivity index (χ0n) is 13.9. The van der Waals surface area contributed by atoms with E-state index in [1.807, 2.05) is 32.0 Å². The minimum absolute atomic E-state index is 0.00554. The maximum atomic E-state index is 12.7. The van der Waals surface area contributed by atoms with E-state index in [1.54, 1.807) is 16.8 Å². The van der Waals surface area contributed by atoms with Crippen LogP contribution in [0, 0.1) is 13.8 Å². The largest absolute Gasteiger partial charge is 0.480 e. The van der Waals surface area contributed by atoms with Gasteiger partial charge in [0.2, 0.25) is 0 Å². The lowest BCUT2D eigenvalue weighted by Gasteiger charge is -2.34. The summed E-state index contributed by atoms with van der Waals surface area (Å²) in [5.74, 6) is -0.863. The van der Waals surface area contributed by atoms with E-state index in [0.29, 0.717) is 31.8 Å². The van der Waals surface area contributed by atoms with Crippen LogP contribution in [-0.4, -0.2) is 72.7 Å². The smallest absolute Gasteiger partial charge is 0.317 e. The standard InChI is InChI=1S/C17H24N2O4/c1-12-6-13(2)8-14(7-12)17(22)19-4-5-23-15(10-19)9-18(3)11-16(20)21/h6-8,15H,4-5,9-11H2,1-3H3,(H,20,21). The van der Waals surface area contributed by atoms with Crippen LogP contribution in [0.1, 0.15) is 21.5 Å². The fourth-order valence-corrected chi connectivity index (χ4v) is 2.94. The van der Waals surface area contributed by atoms with E-state index < -0.39 is 5.97 Å². The number of carbonyl (C=O) groups is 2. The average molecular weight is 320 g/mol. The van der Waals surface area contributed by atoms with E-state index in [0.717, 1.165) is 11.1 Å². The third-order valence-electron chi connectivity index (χ3n) is 3.82. The maximum Gasteiger partial charge on any atom is 0.317 e. The molecule has 0 saturated carbocycles. The molecule has 1 amide bonds. The summed E-state index contributed by atoms with van der Waals surface area (Å²) in [6.07, 6.45) is -0.164. The van der Waals surface area contributed by atoms with Gasteiger partial charge in [0, 0.05) is 25.2 Å². The zero-order valence-corrected chi connectivity index (χ0v) is 13.9. The number of rotatable bonds is 5. The van der Waals surface area contributed by atoms with Crippen LogP contribution in [0.3, 0.4) is 0 Å². The maximum absolute atomic E-state index is 12.7. The van der Waals surface area contributed by atoms with Crippen LogP contribution in [0.5, 0.6) is 0 Å². The van der Waals surface area contributed by atoms with Gasteiger partial charge in [-0.1, -0.05) is 17.2 Å². The predicted octanol–water partition coefficient (Wildman–Crippen LogP) is 1.16. The molecule has 23 heavy (non-hydrogen) atoms. The number of ether oxygens (including phenoxy) is 1. The first kappa shape index (κ1) is 17.4. The number of aryl methyl sites for hydroxylation is 2. The highest BCUT2D eigenvalue weighted by Crippen LogP contribution is 2.14. The van der Waals surface area contributed by atoms with Gasteiger partial charge in [-0.2, -0.15) is 0 Å². The number of hydrogen-bond donors (Lipinski definition) is 1. The molecule has 2 rings (SSSR count). The summed E-state index contributed by atoms with van der Waals surface area (Å²) in [5, 5.41) is 8.81. The third-order valence-corrected chi connectivity index (χ3v) is 3.82. The van der Waals surface area contributed by atoms with E-state index in [4.69, 9.17) is 9.84 Å². The summed E-state index contributed by atoms with van der Waals surface area (Å²) in [6, 6.07) is 5.84. The van der Waals surface area contributed by atoms with Crippen molar-refractivity contribution in [3.8, 4) is 0 Å². The third kappa shape index (κ3) is 5.04. The summed E-state index contributed by atoms with van der Waals surface area (Å²) < 4.78 is 5.67. The van der Waals surface area contributed by atoms with E-state index >= 15 is 0 Å². The molecule has 1 N–H and O–H groups in total. The summed E-state index contributed by atoms with van der Waals surface area (Å²) in [7, 11) is 1.74. The van der Waals surface area contributed by atoms with Crippen LogP contribution >= 0.6 is 0 Å². The predicted molar refractivity (Wildman–Crippen MR) is 86.7 cm³/mol. The number of benzene rings is 1. The minimum atomic E-state index is -0.869. The molecule has 1 aromatic rings. The number of carboxylic acid groups (broad SMARTS) is 1. The first-order valence-corrected chi connectivity index (χ1v) is 7.74. The molecule has 6 heteroatoms. The van der Waals surface area contributed by atoms with Gasteiger partial charge in [-0.3, -0.25) is 14.5 Å². The molecule has 0 aliphatic carbocycles. The van der Waals surface area contributed by atoms with Crippen molar-refractivity contribution >= 4 is 11.9 Å². The Morgan fingerprint density at radius 1 is 1.30 bits per heavy atom. The number of morpholine rings is 1. The Hall–Kier alpha value is -1.92. The number of nitrogens with zero attached hydrogens (tertiary/aromatic N) is 2. The normalized spacial score (nSPS) is 18.3. The topological polar surface area (TPSA) is 70.1 Å². The molecule has 1 aliphatic heterocycles. The Balaban J connectivity index is 2.00. The summed E-state index contributed by atoms with van der Waals surface area (Å²) in [5.41, 5.74) is 2.83. The van der Waals surface area contributed by atoms with Gasteiger partial charge in [0.25, 0.3) is 5.91 Å². The fraction of sp³-hybridized carbons (Fsp3) is 0.529. The van der Waals surface area contributed by atoms with Gasteiger partial charge in [-0.05, 0) is 33.0 Å². The molecule has 1 aromatic carbocycles.